The maximum atomic E-state index is 14.1. The molecule has 3 N–H and O–H groups in total. The molecule has 1 aliphatic rings. The fraction of sp³-hybridized carbons (Fsp3) is 0.103. The van der Waals surface area contributed by atoms with Crippen molar-refractivity contribution in [2.75, 3.05) is 5.32 Å². The number of halogens is 2. The topological polar surface area (TPSA) is 95.6 Å². The molecule has 0 saturated heterocycles. The van der Waals surface area contributed by atoms with Crippen LogP contribution in [0.15, 0.2) is 85.2 Å². The summed E-state index contributed by atoms with van der Waals surface area (Å²) in [5.41, 5.74) is 4.70. The molecule has 2 unspecified atom stereocenters. The molecule has 1 amide bonds. The molecule has 1 aliphatic carbocycles. The Morgan fingerprint density at radius 3 is 2.61 bits per heavy atom. The van der Waals surface area contributed by atoms with Crippen molar-refractivity contribution < 1.29 is 13.6 Å². The van der Waals surface area contributed by atoms with Gasteiger partial charge in [-0.05, 0) is 47.5 Å². The summed E-state index contributed by atoms with van der Waals surface area (Å²) in [6.07, 6.45) is 6.01. The van der Waals surface area contributed by atoms with E-state index in [1.807, 2.05) is 54.7 Å². The van der Waals surface area contributed by atoms with Crippen LogP contribution in [0.1, 0.15) is 12.0 Å². The van der Waals surface area contributed by atoms with E-state index >= 15 is 0 Å². The first kappa shape index (κ1) is 23.5. The maximum Gasteiger partial charge on any atom is 0.244 e. The molecule has 2 heterocycles. The molecule has 38 heavy (non-hydrogen) atoms. The third-order valence-corrected chi connectivity index (χ3v) is 6.25. The number of benzene rings is 3. The van der Waals surface area contributed by atoms with Crippen LogP contribution >= 0.6 is 0 Å². The van der Waals surface area contributed by atoms with Crippen LogP contribution < -0.4 is 10.6 Å². The zero-order chi connectivity index (χ0) is 26.1. The Balaban J connectivity index is 1.30. The number of hydrogen-bond donors (Lipinski definition) is 3. The average molecular weight is 509 g/mol. The van der Waals surface area contributed by atoms with Crippen LogP contribution in [0.3, 0.4) is 0 Å². The second kappa shape index (κ2) is 9.85. The van der Waals surface area contributed by atoms with Crippen molar-refractivity contribution >= 4 is 34.4 Å². The van der Waals surface area contributed by atoms with Crippen LogP contribution in [-0.4, -0.2) is 38.3 Å². The van der Waals surface area contributed by atoms with E-state index in [0.717, 1.165) is 22.4 Å². The third-order valence-electron chi connectivity index (χ3n) is 6.25. The molecular formula is C29H22F2N6O. The molecular weight excluding hydrogens is 486 g/mol. The van der Waals surface area contributed by atoms with Gasteiger partial charge in [-0.15, -0.1) is 0 Å². The summed E-state index contributed by atoms with van der Waals surface area (Å²) >= 11 is 0. The Hall–Kier alpha value is -4.92. The lowest BCUT2D eigenvalue weighted by Gasteiger charge is -2.12. The van der Waals surface area contributed by atoms with E-state index in [0.29, 0.717) is 34.5 Å². The molecule has 2 aromatic heterocycles. The van der Waals surface area contributed by atoms with Crippen LogP contribution in [0.25, 0.3) is 39.5 Å². The number of aromatic amines is 1. The molecule has 3 aromatic carbocycles. The van der Waals surface area contributed by atoms with Crippen molar-refractivity contribution in [2.24, 2.45) is 0 Å². The van der Waals surface area contributed by atoms with Crippen LogP contribution in [-0.2, 0) is 4.79 Å². The SMILES string of the molecule is O=C(/C=C/c1cccc(-c2nc(Nc3ccc(-c4cn[nH]c4)cc3)c3ccc(F)cc3n2)c1)NC1CC1F. The summed E-state index contributed by atoms with van der Waals surface area (Å²) in [5, 5.41) is 13.4. The van der Waals surface area contributed by atoms with Crippen LogP contribution in [0.5, 0.6) is 0 Å². The highest BCUT2D eigenvalue weighted by Gasteiger charge is 2.38. The van der Waals surface area contributed by atoms with Gasteiger partial charge in [-0.1, -0.05) is 30.3 Å². The van der Waals surface area contributed by atoms with Gasteiger partial charge in [-0.2, -0.15) is 5.10 Å². The van der Waals surface area contributed by atoms with Gasteiger partial charge in [0.2, 0.25) is 5.91 Å². The Morgan fingerprint density at radius 1 is 1.00 bits per heavy atom. The zero-order valence-electron chi connectivity index (χ0n) is 20.0. The highest BCUT2D eigenvalue weighted by atomic mass is 19.1. The van der Waals surface area contributed by atoms with Gasteiger partial charge in [0.15, 0.2) is 5.82 Å². The highest BCUT2D eigenvalue weighted by molar-refractivity contribution is 5.93. The fourth-order valence-corrected chi connectivity index (χ4v) is 4.12. The van der Waals surface area contributed by atoms with E-state index in [1.54, 1.807) is 18.3 Å². The molecule has 5 aromatic rings. The number of hydrogen-bond acceptors (Lipinski definition) is 5. The van der Waals surface area contributed by atoms with Crippen molar-refractivity contribution in [2.45, 2.75) is 18.6 Å². The van der Waals surface area contributed by atoms with Crippen molar-refractivity contribution in [1.29, 1.82) is 0 Å². The lowest BCUT2D eigenvalue weighted by atomic mass is 10.1. The summed E-state index contributed by atoms with van der Waals surface area (Å²) in [6, 6.07) is 19.2. The number of alkyl halides is 1. The van der Waals surface area contributed by atoms with E-state index in [9.17, 15) is 13.6 Å². The van der Waals surface area contributed by atoms with Gasteiger partial charge < -0.3 is 10.6 Å². The Kier molecular flexibility index (Phi) is 6.09. The molecule has 0 bridgehead atoms. The first-order valence-corrected chi connectivity index (χ1v) is 12.1. The van der Waals surface area contributed by atoms with Gasteiger partial charge in [0.05, 0.1) is 17.8 Å². The van der Waals surface area contributed by atoms with Crippen molar-refractivity contribution in [1.82, 2.24) is 25.5 Å². The Bertz CT molecular complexity index is 1650. The molecule has 0 aliphatic heterocycles. The number of nitrogens with one attached hydrogen (secondary N) is 3. The van der Waals surface area contributed by atoms with Crippen LogP contribution in [0.4, 0.5) is 20.3 Å². The van der Waals surface area contributed by atoms with E-state index < -0.39 is 18.0 Å². The van der Waals surface area contributed by atoms with Gasteiger partial charge in [0.25, 0.3) is 0 Å². The van der Waals surface area contributed by atoms with Gasteiger partial charge >= 0.3 is 0 Å². The van der Waals surface area contributed by atoms with E-state index in [1.165, 1.54) is 18.2 Å². The van der Waals surface area contributed by atoms with Crippen molar-refractivity contribution in [3.63, 3.8) is 0 Å². The first-order chi connectivity index (χ1) is 18.5. The number of nitrogens with zero attached hydrogens (tertiary/aromatic N) is 3. The summed E-state index contributed by atoms with van der Waals surface area (Å²) in [7, 11) is 0. The summed E-state index contributed by atoms with van der Waals surface area (Å²) in [5.74, 6) is 0.194. The normalized spacial score (nSPS) is 16.6. The predicted octanol–water partition coefficient (Wildman–Crippen LogP) is 5.81. The number of aromatic nitrogens is 4. The van der Waals surface area contributed by atoms with Crippen LogP contribution in [0.2, 0.25) is 0 Å². The van der Waals surface area contributed by atoms with Crippen LogP contribution in [0, 0.1) is 5.82 Å². The second-order valence-corrected chi connectivity index (χ2v) is 9.07. The van der Waals surface area contributed by atoms with Gasteiger partial charge in [-0.25, -0.2) is 18.7 Å². The molecule has 0 radical (unpaired) electrons. The smallest absolute Gasteiger partial charge is 0.244 e. The standard InChI is InChI=1S/C29H22F2N6O/c30-21-7-10-23-25(13-21)36-28(19-3-1-2-17(12-19)4-11-27(38)35-26-14-24(26)31)37-29(23)34-22-8-5-18(6-9-22)20-15-32-33-16-20/h1-13,15-16,24,26H,14H2,(H,32,33)(H,35,38)(H,34,36,37)/b11-4+. The molecule has 1 saturated carbocycles. The lowest BCUT2D eigenvalue weighted by molar-refractivity contribution is -0.116. The zero-order valence-corrected chi connectivity index (χ0v) is 20.0. The summed E-state index contributed by atoms with van der Waals surface area (Å²) in [4.78, 5) is 21.4. The molecule has 1 fully saturated rings. The molecule has 6 rings (SSSR count). The molecule has 0 spiro atoms. The minimum atomic E-state index is -0.956. The lowest BCUT2D eigenvalue weighted by Crippen LogP contribution is -2.24. The van der Waals surface area contributed by atoms with E-state index in [2.05, 4.69) is 25.8 Å². The fourth-order valence-electron chi connectivity index (χ4n) is 4.12. The monoisotopic (exact) mass is 508 g/mol. The Morgan fingerprint density at radius 2 is 1.84 bits per heavy atom. The molecule has 9 heteroatoms. The number of carbonyl (C=O) groups is 1. The molecule has 2 atom stereocenters. The highest BCUT2D eigenvalue weighted by Crippen LogP contribution is 2.30. The minimum absolute atomic E-state index is 0.344. The number of anilines is 2. The van der Waals surface area contributed by atoms with E-state index in [-0.39, 0.29) is 5.91 Å². The number of fused-ring (bicyclic) bond motifs is 1. The first-order valence-electron chi connectivity index (χ1n) is 12.1. The van der Waals surface area contributed by atoms with Crippen molar-refractivity contribution in [3.05, 3.63) is 96.6 Å². The average Bonchev–Trinajstić information content (AvgIpc) is 3.36. The second-order valence-electron chi connectivity index (χ2n) is 9.07. The van der Waals surface area contributed by atoms with Gasteiger partial charge in [0.1, 0.15) is 17.8 Å². The quantitative estimate of drug-likeness (QED) is 0.241. The summed E-state index contributed by atoms with van der Waals surface area (Å²) < 4.78 is 27.1. The Labute approximate surface area is 216 Å². The third kappa shape index (κ3) is 5.12. The molecule has 7 nitrogen and oxygen atoms in total. The molecule has 188 valence electrons. The largest absolute Gasteiger partial charge is 0.347 e. The number of rotatable bonds is 7. The summed E-state index contributed by atoms with van der Waals surface area (Å²) in [6.45, 7) is 0. The number of amides is 1. The van der Waals surface area contributed by atoms with Gasteiger partial charge in [-0.3, -0.25) is 9.89 Å². The number of carbonyl (C=O) groups excluding carboxylic acids is 1. The van der Waals surface area contributed by atoms with Crippen molar-refractivity contribution in [3.8, 4) is 22.5 Å². The predicted molar refractivity (Wildman–Crippen MR) is 143 cm³/mol. The number of H-pyrrole nitrogens is 1. The van der Waals surface area contributed by atoms with E-state index in [4.69, 9.17) is 4.98 Å². The van der Waals surface area contributed by atoms with Gasteiger partial charge in [0, 0.05) is 47.0 Å². The minimum Gasteiger partial charge on any atom is -0.347 e. The maximum absolute atomic E-state index is 14.1.